The largest absolute Gasteiger partial charge is 0.474 e. The number of hydrogen-bond acceptors (Lipinski definition) is 8. The molecule has 2 aliphatic rings. The number of aliphatic hydroxyl groups excluding tert-OH is 1. The van der Waals surface area contributed by atoms with Crippen LogP contribution in [0.2, 0.25) is 0 Å². The minimum absolute atomic E-state index is 0.0891. The Morgan fingerprint density at radius 3 is 2.82 bits per heavy atom. The zero-order valence-corrected chi connectivity index (χ0v) is 17.1. The third kappa shape index (κ3) is 3.73. The van der Waals surface area contributed by atoms with E-state index in [1.54, 1.807) is 17.7 Å². The third-order valence-electron chi connectivity index (χ3n) is 6.04. The average Bonchev–Trinajstić information content (AvgIpc) is 3.28. The molecule has 28 heavy (non-hydrogen) atoms. The van der Waals surface area contributed by atoms with Gasteiger partial charge in [0.2, 0.25) is 5.88 Å². The topological polar surface area (TPSA) is 93.6 Å². The van der Waals surface area contributed by atoms with Gasteiger partial charge >= 0.3 is 5.97 Å². The van der Waals surface area contributed by atoms with E-state index in [4.69, 9.17) is 4.74 Å². The number of esters is 1. The number of rotatable bonds is 6. The van der Waals surface area contributed by atoms with E-state index in [0.29, 0.717) is 18.3 Å². The monoisotopic (exact) mass is 405 g/mol. The molecule has 0 spiro atoms. The fourth-order valence-corrected chi connectivity index (χ4v) is 5.73. The van der Waals surface area contributed by atoms with Gasteiger partial charge in [-0.25, -0.2) is 14.8 Å². The molecule has 0 saturated heterocycles. The maximum atomic E-state index is 11.7. The zero-order chi connectivity index (χ0) is 19.7. The number of aryl methyl sites for hydroxylation is 1. The molecule has 0 radical (unpaired) electrons. The maximum Gasteiger partial charge on any atom is 0.334 e. The van der Waals surface area contributed by atoms with Crippen LogP contribution in [0.4, 0.5) is 0 Å². The van der Waals surface area contributed by atoms with Crippen molar-refractivity contribution in [1.29, 1.82) is 0 Å². The molecule has 0 aliphatic heterocycles. The van der Waals surface area contributed by atoms with Crippen LogP contribution in [0.1, 0.15) is 54.9 Å². The first-order valence-corrected chi connectivity index (χ1v) is 10.8. The lowest BCUT2D eigenvalue weighted by Crippen LogP contribution is -2.34. The van der Waals surface area contributed by atoms with Gasteiger partial charge in [-0.15, -0.1) is 11.3 Å². The van der Waals surface area contributed by atoms with E-state index >= 15 is 0 Å². The summed E-state index contributed by atoms with van der Waals surface area (Å²) in [5.74, 6) is 0.156. The molecule has 0 bridgehead atoms. The molecule has 0 amide bonds. The summed E-state index contributed by atoms with van der Waals surface area (Å²) in [5.41, 5.74) is 1.16. The smallest absolute Gasteiger partial charge is 0.334 e. The summed E-state index contributed by atoms with van der Waals surface area (Å²) in [7, 11) is 3.31. The van der Waals surface area contributed by atoms with Gasteiger partial charge in [-0.3, -0.25) is 0 Å². The molecule has 8 heteroatoms. The van der Waals surface area contributed by atoms with E-state index < -0.39 is 12.1 Å². The lowest BCUT2D eigenvalue weighted by molar-refractivity contribution is -0.150. The Kier molecular flexibility index (Phi) is 5.80. The number of methoxy groups -OCH3 is 1. The van der Waals surface area contributed by atoms with E-state index in [2.05, 4.69) is 20.0 Å². The Balaban J connectivity index is 1.59. The van der Waals surface area contributed by atoms with Gasteiger partial charge < -0.3 is 19.9 Å². The van der Waals surface area contributed by atoms with Crippen molar-refractivity contribution in [2.45, 2.75) is 69.1 Å². The van der Waals surface area contributed by atoms with Crippen LogP contribution in [0.5, 0.6) is 5.88 Å². The molecule has 2 atom stereocenters. The standard InChI is InChI=1S/C20H27N3O4S/c1-21-12-4-6-13(7-5-12)27-18-17-16-11(9-14(24)20(25)26-2)3-8-15(16)28-19(17)23-10-22-18/h10-14,21,24H,3-9H2,1-2H3/t11-,12?,13?,14?/m1/s1. The Morgan fingerprint density at radius 2 is 2.11 bits per heavy atom. The number of fused-ring (bicyclic) bond motifs is 3. The summed E-state index contributed by atoms with van der Waals surface area (Å²) in [6, 6.07) is 0.569. The molecule has 1 fully saturated rings. The van der Waals surface area contributed by atoms with Crippen molar-refractivity contribution in [3.05, 3.63) is 16.8 Å². The van der Waals surface area contributed by atoms with Crippen molar-refractivity contribution in [2.75, 3.05) is 14.2 Å². The zero-order valence-electron chi connectivity index (χ0n) is 16.3. The Morgan fingerprint density at radius 1 is 1.32 bits per heavy atom. The summed E-state index contributed by atoms with van der Waals surface area (Å²) < 4.78 is 11.0. The number of hydrogen-bond donors (Lipinski definition) is 2. The van der Waals surface area contributed by atoms with Crippen molar-refractivity contribution in [2.24, 2.45) is 0 Å². The van der Waals surface area contributed by atoms with E-state index in [1.165, 1.54) is 12.0 Å². The number of ether oxygens (including phenoxy) is 2. The van der Waals surface area contributed by atoms with Gasteiger partial charge in [-0.2, -0.15) is 0 Å². The molecule has 2 heterocycles. The van der Waals surface area contributed by atoms with Crippen LogP contribution >= 0.6 is 11.3 Å². The second-order valence-electron chi connectivity index (χ2n) is 7.69. The van der Waals surface area contributed by atoms with Crippen LogP contribution in [0.15, 0.2) is 6.33 Å². The molecule has 1 saturated carbocycles. The molecule has 2 aromatic rings. The van der Waals surface area contributed by atoms with Crippen molar-refractivity contribution in [3.63, 3.8) is 0 Å². The number of aromatic nitrogens is 2. The Hall–Kier alpha value is -1.77. The number of aliphatic hydroxyl groups is 1. The van der Waals surface area contributed by atoms with E-state index in [0.717, 1.165) is 54.3 Å². The molecule has 152 valence electrons. The number of nitrogens with zero attached hydrogens (tertiary/aromatic N) is 2. The number of carbonyl (C=O) groups excluding carboxylic acids is 1. The van der Waals surface area contributed by atoms with Crippen molar-refractivity contribution in [3.8, 4) is 5.88 Å². The summed E-state index contributed by atoms with van der Waals surface area (Å²) in [6.07, 6.45) is 7.04. The lowest BCUT2D eigenvalue weighted by Gasteiger charge is -2.28. The van der Waals surface area contributed by atoms with E-state index in [-0.39, 0.29) is 12.0 Å². The average molecular weight is 406 g/mol. The Labute approximate surface area is 168 Å². The fourth-order valence-electron chi connectivity index (χ4n) is 4.49. The summed E-state index contributed by atoms with van der Waals surface area (Å²) in [6.45, 7) is 0. The first-order chi connectivity index (χ1) is 13.6. The molecule has 4 rings (SSSR count). The highest BCUT2D eigenvalue weighted by Crippen LogP contribution is 2.47. The van der Waals surface area contributed by atoms with Gasteiger partial charge in [0, 0.05) is 10.9 Å². The van der Waals surface area contributed by atoms with Gasteiger partial charge in [0.25, 0.3) is 0 Å². The number of carbonyl (C=O) groups is 1. The van der Waals surface area contributed by atoms with E-state index in [9.17, 15) is 9.90 Å². The van der Waals surface area contributed by atoms with Gasteiger partial charge in [0.1, 0.15) is 17.3 Å². The predicted molar refractivity (Wildman–Crippen MR) is 107 cm³/mol. The van der Waals surface area contributed by atoms with Gasteiger partial charge in [0.15, 0.2) is 6.10 Å². The first-order valence-electron chi connectivity index (χ1n) is 9.96. The van der Waals surface area contributed by atoms with Gasteiger partial charge in [0.05, 0.1) is 12.5 Å². The first kappa shape index (κ1) is 19.5. The summed E-state index contributed by atoms with van der Waals surface area (Å²) in [5, 5.41) is 14.5. The van der Waals surface area contributed by atoms with Crippen LogP contribution in [-0.4, -0.2) is 53.5 Å². The Bertz CT molecular complexity index is 847. The maximum absolute atomic E-state index is 11.7. The normalized spacial score (nSPS) is 25.5. The highest BCUT2D eigenvalue weighted by atomic mass is 32.1. The minimum atomic E-state index is -1.11. The molecule has 2 aromatic heterocycles. The van der Waals surface area contributed by atoms with Crippen LogP contribution in [-0.2, 0) is 16.0 Å². The molecule has 2 aliphatic carbocycles. The second kappa shape index (κ2) is 8.31. The van der Waals surface area contributed by atoms with Crippen LogP contribution in [0, 0.1) is 0 Å². The van der Waals surface area contributed by atoms with Crippen LogP contribution < -0.4 is 10.1 Å². The minimum Gasteiger partial charge on any atom is -0.474 e. The van der Waals surface area contributed by atoms with Crippen LogP contribution in [0.3, 0.4) is 0 Å². The number of nitrogens with one attached hydrogen (secondary N) is 1. The quantitative estimate of drug-likeness (QED) is 0.714. The molecular formula is C20H27N3O4S. The summed E-state index contributed by atoms with van der Waals surface area (Å²) in [4.78, 5) is 22.8. The highest BCUT2D eigenvalue weighted by Gasteiger charge is 2.33. The fraction of sp³-hybridized carbons (Fsp3) is 0.650. The van der Waals surface area contributed by atoms with Crippen molar-refractivity contribution < 1.29 is 19.4 Å². The van der Waals surface area contributed by atoms with Crippen LogP contribution in [0.25, 0.3) is 10.2 Å². The lowest BCUT2D eigenvalue weighted by atomic mass is 9.93. The van der Waals surface area contributed by atoms with E-state index in [1.807, 2.05) is 7.05 Å². The van der Waals surface area contributed by atoms with Crippen molar-refractivity contribution >= 4 is 27.5 Å². The molecule has 2 N–H and O–H groups in total. The summed E-state index contributed by atoms with van der Waals surface area (Å²) >= 11 is 1.67. The molecule has 7 nitrogen and oxygen atoms in total. The predicted octanol–water partition coefficient (Wildman–Crippen LogP) is 2.55. The molecule has 1 unspecified atom stereocenters. The SMILES string of the molecule is CNC1CCC(Oc2ncnc3sc4c(c23)[C@@H](CC(O)C(=O)OC)CC4)CC1. The number of thiophene rings is 1. The van der Waals surface area contributed by atoms with Gasteiger partial charge in [-0.1, -0.05) is 0 Å². The molecule has 0 aromatic carbocycles. The third-order valence-corrected chi connectivity index (χ3v) is 7.21. The molecular weight excluding hydrogens is 378 g/mol. The van der Waals surface area contributed by atoms with Gasteiger partial charge in [-0.05, 0) is 63.5 Å². The second-order valence-corrected chi connectivity index (χ2v) is 8.77. The highest BCUT2D eigenvalue weighted by molar-refractivity contribution is 7.19. The van der Waals surface area contributed by atoms with Crippen molar-refractivity contribution in [1.82, 2.24) is 15.3 Å².